The van der Waals surface area contributed by atoms with Crippen molar-refractivity contribution in [3.63, 3.8) is 0 Å². The smallest absolute Gasteiger partial charge is 0.228 e. The topological polar surface area (TPSA) is 82.1 Å². The van der Waals surface area contributed by atoms with E-state index in [1.165, 1.54) is 16.7 Å². The van der Waals surface area contributed by atoms with Crippen molar-refractivity contribution in [2.24, 2.45) is 5.92 Å². The van der Waals surface area contributed by atoms with Crippen molar-refractivity contribution in [2.45, 2.75) is 45.4 Å². The van der Waals surface area contributed by atoms with Crippen molar-refractivity contribution in [1.29, 1.82) is 0 Å². The minimum absolute atomic E-state index is 0.00191. The first-order chi connectivity index (χ1) is 21.8. The van der Waals surface area contributed by atoms with E-state index in [0.717, 1.165) is 12.1 Å². The van der Waals surface area contributed by atoms with Gasteiger partial charge in [0.25, 0.3) is 0 Å². The van der Waals surface area contributed by atoms with Crippen molar-refractivity contribution < 1.29 is 19.4 Å². The molecule has 3 atom stereocenters. The lowest BCUT2D eigenvalue weighted by Gasteiger charge is -2.34. The summed E-state index contributed by atoms with van der Waals surface area (Å²) < 4.78 is 6.68. The number of nitrogens with zero attached hydrogens (tertiary/aromatic N) is 2. The Hall–Kier alpha value is -4.46. The molecule has 0 bridgehead atoms. The number of benzene rings is 4. The van der Waals surface area contributed by atoms with E-state index in [2.05, 4.69) is 60.6 Å². The Morgan fingerprint density at radius 3 is 2.31 bits per heavy atom. The molecule has 1 aliphatic heterocycles. The quantitative estimate of drug-likeness (QED) is 0.238. The fourth-order valence-electron chi connectivity index (χ4n) is 5.83. The van der Waals surface area contributed by atoms with Gasteiger partial charge >= 0.3 is 0 Å². The highest BCUT2D eigenvalue weighted by Crippen LogP contribution is 2.29. The SMILES string of the molecule is C[C@@H]1CN([C@H](C)CO)C(=O)Cc2cc(NC(=O)Cc3ccccc3)ccc2O[C@@H]1CN(C)Cc1ccc(-c2ccccc2)cc1. The zero-order valence-electron chi connectivity index (χ0n) is 26.4. The van der Waals surface area contributed by atoms with E-state index < -0.39 is 0 Å². The van der Waals surface area contributed by atoms with Gasteiger partial charge < -0.3 is 20.1 Å². The van der Waals surface area contributed by atoms with Crippen LogP contribution in [-0.4, -0.2) is 65.6 Å². The van der Waals surface area contributed by atoms with Crippen molar-refractivity contribution >= 4 is 17.5 Å². The molecule has 0 saturated carbocycles. The molecule has 0 unspecified atom stereocenters. The number of rotatable bonds is 10. The van der Waals surface area contributed by atoms with Crippen LogP contribution in [0.4, 0.5) is 5.69 Å². The van der Waals surface area contributed by atoms with Gasteiger partial charge in [0.05, 0.1) is 25.5 Å². The number of aliphatic hydroxyl groups is 1. The van der Waals surface area contributed by atoms with E-state index in [4.69, 9.17) is 4.74 Å². The maximum absolute atomic E-state index is 13.6. The Labute approximate surface area is 266 Å². The number of aliphatic hydroxyl groups excluding tert-OH is 1. The minimum atomic E-state index is -0.322. The summed E-state index contributed by atoms with van der Waals surface area (Å²) in [5.74, 6) is 0.438. The summed E-state index contributed by atoms with van der Waals surface area (Å²) >= 11 is 0. The van der Waals surface area contributed by atoms with Gasteiger partial charge in [-0.25, -0.2) is 0 Å². The maximum atomic E-state index is 13.6. The number of likely N-dealkylation sites (N-methyl/N-ethyl adjacent to an activating group) is 1. The highest BCUT2D eigenvalue weighted by Gasteiger charge is 2.31. The largest absolute Gasteiger partial charge is 0.488 e. The third-order valence-corrected chi connectivity index (χ3v) is 8.41. The molecule has 1 aliphatic rings. The second kappa shape index (κ2) is 15.0. The molecule has 0 aromatic heterocycles. The number of hydrogen-bond acceptors (Lipinski definition) is 5. The number of amides is 2. The zero-order chi connectivity index (χ0) is 31.8. The van der Waals surface area contributed by atoms with Gasteiger partial charge in [0, 0.05) is 36.8 Å². The molecule has 4 aromatic rings. The van der Waals surface area contributed by atoms with Gasteiger partial charge in [-0.2, -0.15) is 0 Å². The Morgan fingerprint density at radius 2 is 1.62 bits per heavy atom. The minimum Gasteiger partial charge on any atom is -0.488 e. The number of carbonyl (C=O) groups is 2. The number of carbonyl (C=O) groups excluding carboxylic acids is 2. The molecule has 0 fully saturated rings. The van der Waals surface area contributed by atoms with Crippen LogP contribution < -0.4 is 10.1 Å². The fourth-order valence-corrected chi connectivity index (χ4v) is 5.83. The number of nitrogens with one attached hydrogen (secondary N) is 1. The van der Waals surface area contributed by atoms with Crippen LogP contribution >= 0.6 is 0 Å². The highest BCUT2D eigenvalue weighted by atomic mass is 16.5. The lowest BCUT2D eigenvalue weighted by atomic mass is 10.0. The standard InChI is InChI=1S/C38H43N3O4/c1-27-23-41(28(2)26-42)38(44)22-33-21-34(39-37(43)20-29-10-6-4-7-11-29)18-19-35(33)45-36(27)25-40(3)24-30-14-16-32(17-15-30)31-12-8-5-9-13-31/h4-19,21,27-28,36,42H,20,22-26H2,1-3H3,(H,39,43)/t27-,28-,36-/m1/s1. The summed E-state index contributed by atoms with van der Waals surface area (Å²) in [7, 11) is 2.08. The van der Waals surface area contributed by atoms with Crippen LogP contribution in [0.3, 0.4) is 0 Å². The van der Waals surface area contributed by atoms with Gasteiger partial charge in [-0.05, 0) is 54.4 Å². The van der Waals surface area contributed by atoms with Crippen molar-refractivity contribution in [3.8, 4) is 16.9 Å². The number of hydrogen-bond donors (Lipinski definition) is 2. The van der Waals surface area contributed by atoms with E-state index >= 15 is 0 Å². The maximum Gasteiger partial charge on any atom is 0.228 e. The Morgan fingerprint density at radius 1 is 0.956 bits per heavy atom. The van der Waals surface area contributed by atoms with Crippen molar-refractivity contribution in [3.05, 3.63) is 120 Å². The van der Waals surface area contributed by atoms with Gasteiger partial charge in [0.2, 0.25) is 11.8 Å². The lowest BCUT2D eigenvalue weighted by Crippen LogP contribution is -2.47. The molecular weight excluding hydrogens is 562 g/mol. The number of ether oxygens (including phenoxy) is 1. The highest BCUT2D eigenvalue weighted by molar-refractivity contribution is 5.92. The summed E-state index contributed by atoms with van der Waals surface area (Å²) in [5, 5.41) is 12.9. The van der Waals surface area contributed by atoms with Crippen molar-refractivity contribution in [1.82, 2.24) is 9.80 Å². The molecule has 4 aromatic carbocycles. The molecule has 7 nitrogen and oxygen atoms in total. The van der Waals surface area contributed by atoms with Gasteiger partial charge in [0.1, 0.15) is 11.9 Å². The Bertz CT molecular complexity index is 1560. The molecular formula is C38H43N3O4. The molecule has 2 amide bonds. The van der Waals surface area contributed by atoms with Crippen LogP contribution in [0.2, 0.25) is 0 Å². The van der Waals surface area contributed by atoms with Gasteiger partial charge in [-0.15, -0.1) is 0 Å². The molecule has 2 N–H and O–H groups in total. The number of fused-ring (bicyclic) bond motifs is 1. The summed E-state index contributed by atoms with van der Waals surface area (Å²) in [6.45, 7) is 5.71. The summed E-state index contributed by atoms with van der Waals surface area (Å²) in [6.07, 6.45) is 0.163. The van der Waals surface area contributed by atoms with Crippen LogP contribution in [0.5, 0.6) is 5.75 Å². The third kappa shape index (κ3) is 8.59. The normalized spacial score (nSPS) is 17.4. The predicted octanol–water partition coefficient (Wildman–Crippen LogP) is 5.82. The molecule has 0 radical (unpaired) electrons. The van der Waals surface area contributed by atoms with Crippen LogP contribution in [-0.2, 0) is 29.0 Å². The molecule has 1 heterocycles. The molecule has 7 heteroatoms. The fraction of sp³-hybridized carbons (Fsp3) is 0.316. The van der Waals surface area contributed by atoms with Crippen LogP contribution in [0.1, 0.15) is 30.5 Å². The Kier molecular flexibility index (Phi) is 10.7. The van der Waals surface area contributed by atoms with E-state index in [1.807, 2.05) is 73.7 Å². The monoisotopic (exact) mass is 605 g/mol. The average molecular weight is 606 g/mol. The second-order valence-corrected chi connectivity index (χ2v) is 12.2. The van der Waals surface area contributed by atoms with Gasteiger partial charge in [0.15, 0.2) is 0 Å². The first kappa shape index (κ1) is 31.9. The zero-order valence-corrected chi connectivity index (χ0v) is 26.4. The summed E-state index contributed by atoms with van der Waals surface area (Å²) in [5.41, 5.74) is 5.84. The van der Waals surface area contributed by atoms with Crippen LogP contribution in [0, 0.1) is 5.92 Å². The molecule has 0 spiro atoms. The average Bonchev–Trinajstić information content (AvgIpc) is 3.09. The molecule has 234 valence electrons. The third-order valence-electron chi connectivity index (χ3n) is 8.41. The summed E-state index contributed by atoms with van der Waals surface area (Å²) in [4.78, 5) is 30.4. The molecule has 45 heavy (non-hydrogen) atoms. The number of anilines is 1. The second-order valence-electron chi connectivity index (χ2n) is 12.2. The predicted molar refractivity (Wildman–Crippen MR) is 179 cm³/mol. The first-order valence-electron chi connectivity index (χ1n) is 15.7. The van der Waals surface area contributed by atoms with E-state index in [1.54, 1.807) is 4.90 Å². The van der Waals surface area contributed by atoms with E-state index in [-0.39, 0.29) is 49.3 Å². The Balaban J connectivity index is 1.33. The summed E-state index contributed by atoms with van der Waals surface area (Å²) in [6, 6.07) is 33.8. The van der Waals surface area contributed by atoms with Crippen LogP contribution in [0.15, 0.2) is 103 Å². The molecule has 0 aliphatic carbocycles. The lowest BCUT2D eigenvalue weighted by molar-refractivity contribution is -0.134. The van der Waals surface area contributed by atoms with Crippen LogP contribution in [0.25, 0.3) is 11.1 Å². The van der Waals surface area contributed by atoms with E-state index in [0.29, 0.717) is 30.1 Å². The first-order valence-corrected chi connectivity index (χ1v) is 15.7. The van der Waals surface area contributed by atoms with Gasteiger partial charge in [-0.1, -0.05) is 91.9 Å². The molecule has 0 saturated heterocycles. The van der Waals surface area contributed by atoms with Crippen molar-refractivity contribution in [2.75, 3.05) is 32.1 Å². The van der Waals surface area contributed by atoms with Gasteiger partial charge in [-0.3, -0.25) is 14.5 Å². The molecule has 5 rings (SSSR count). The van der Waals surface area contributed by atoms with E-state index in [9.17, 15) is 14.7 Å².